The number of benzene rings is 1. The van der Waals surface area contributed by atoms with Crippen LogP contribution in [0.25, 0.3) is 32.6 Å². The highest BCUT2D eigenvalue weighted by Gasteiger charge is 2.20. The molecule has 5 rings (SSSR count). The van der Waals surface area contributed by atoms with E-state index in [9.17, 15) is 9.90 Å². The van der Waals surface area contributed by atoms with E-state index in [-0.39, 0.29) is 6.03 Å². The van der Waals surface area contributed by atoms with E-state index in [1.165, 1.54) is 11.3 Å². The van der Waals surface area contributed by atoms with Crippen molar-refractivity contribution in [3.8, 4) is 22.4 Å². The van der Waals surface area contributed by atoms with E-state index >= 15 is 0 Å². The number of aliphatic hydroxyl groups is 1. The third-order valence-corrected chi connectivity index (χ3v) is 7.21. The van der Waals surface area contributed by atoms with Crippen LogP contribution >= 0.6 is 11.3 Å². The number of anilines is 1. The number of hydrogen-bond donors (Lipinski definition) is 3. The Kier molecular flexibility index (Phi) is 7.61. The van der Waals surface area contributed by atoms with E-state index in [1.54, 1.807) is 26.2 Å². The summed E-state index contributed by atoms with van der Waals surface area (Å²) in [5.74, 6) is 0.349. The van der Waals surface area contributed by atoms with Crippen molar-refractivity contribution < 1.29 is 14.6 Å². The molecule has 10 nitrogen and oxygen atoms in total. The Morgan fingerprint density at radius 3 is 2.53 bits per heavy atom. The fourth-order valence-corrected chi connectivity index (χ4v) is 5.20. The number of pyridine rings is 1. The first-order valence-corrected chi connectivity index (χ1v) is 13.4. The van der Waals surface area contributed by atoms with E-state index in [4.69, 9.17) is 9.72 Å². The SMILES string of the molecule is CCNC(=O)Nc1nc2cc(-c3cnc(C(C)(C)O)nc3)cc(-c3ccc(CN4CCOCC4)cn3)c2s1. The second kappa shape index (κ2) is 11.1. The van der Waals surface area contributed by atoms with E-state index in [2.05, 4.69) is 36.6 Å². The third-order valence-electron chi connectivity index (χ3n) is 6.19. The number of rotatable bonds is 7. The van der Waals surface area contributed by atoms with Gasteiger partial charge in [0.15, 0.2) is 11.0 Å². The lowest BCUT2D eigenvalue weighted by molar-refractivity contribution is 0.0341. The zero-order valence-corrected chi connectivity index (χ0v) is 22.5. The van der Waals surface area contributed by atoms with Crippen molar-refractivity contribution >= 4 is 32.7 Å². The number of thiazole rings is 1. The molecule has 0 unspecified atom stereocenters. The number of aromatic nitrogens is 4. The van der Waals surface area contributed by atoms with Crippen molar-refractivity contribution in [2.45, 2.75) is 32.9 Å². The first-order valence-electron chi connectivity index (χ1n) is 12.6. The number of morpholine rings is 1. The van der Waals surface area contributed by atoms with Crippen LogP contribution in [0.3, 0.4) is 0 Å². The zero-order chi connectivity index (χ0) is 26.7. The van der Waals surface area contributed by atoms with Gasteiger partial charge in [-0.15, -0.1) is 0 Å². The minimum atomic E-state index is -1.13. The molecule has 3 aromatic heterocycles. The van der Waals surface area contributed by atoms with Crippen molar-refractivity contribution in [2.24, 2.45) is 0 Å². The van der Waals surface area contributed by atoms with E-state index in [1.807, 2.05) is 31.3 Å². The summed E-state index contributed by atoms with van der Waals surface area (Å²) in [5, 5.41) is 16.3. The Hall–Kier alpha value is -3.51. The van der Waals surface area contributed by atoms with E-state index in [0.717, 1.165) is 71.0 Å². The molecule has 0 bridgehead atoms. The lowest BCUT2D eigenvalue weighted by Gasteiger charge is -2.26. The molecule has 0 radical (unpaired) electrons. The van der Waals surface area contributed by atoms with Crippen LogP contribution in [0.5, 0.6) is 0 Å². The molecular weight excluding hydrogens is 502 g/mol. The number of carbonyl (C=O) groups is 1. The quantitative estimate of drug-likeness (QED) is 0.325. The molecular formula is C27H31N7O3S. The summed E-state index contributed by atoms with van der Waals surface area (Å²) in [6.45, 7) is 9.87. The van der Waals surface area contributed by atoms with E-state index < -0.39 is 5.60 Å². The standard InChI is InChI=1S/C27H31N7O3S/c1-4-28-25(35)33-26-32-22-12-18(19-14-30-24(31-15-19)27(2,3)36)11-20(23(22)38-26)21-6-5-17(13-29-21)16-34-7-9-37-10-8-34/h5-6,11-15,36H,4,7-10,16H2,1-3H3,(H2,28,32,33,35). The zero-order valence-electron chi connectivity index (χ0n) is 21.7. The summed E-state index contributed by atoms with van der Waals surface area (Å²) in [5.41, 5.74) is 4.12. The maximum atomic E-state index is 12.1. The number of urea groups is 1. The van der Waals surface area contributed by atoms with Crippen molar-refractivity contribution in [3.63, 3.8) is 0 Å². The van der Waals surface area contributed by atoms with Crippen molar-refractivity contribution in [3.05, 3.63) is 54.2 Å². The molecule has 3 N–H and O–H groups in total. The lowest BCUT2D eigenvalue weighted by atomic mass is 10.0. The summed E-state index contributed by atoms with van der Waals surface area (Å²) in [6, 6.07) is 7.83. The van der Waals surface area contributed by atoms with Gasteiger partial charge in [0.25, 0.3) is 0 Å². The molecule has 4 aromatic rings. The van der Waals surface area contributed by atoms with Gasteiger partial charge in [-0.2, -0.15) is 0 Å². The Morgan fingerprint density at radius 1 is 1.11 bits per heavy atom. The molecule has 1 saturated heterocycles. The maximum absolute atomic E-state index is 12.1. The third kappa shape index (κ3) is 5.97. The number of ether oxygens (including phenoxy) is 1. The van der Waals surface area contributed by atoms with Gasteiger partial charge in [0, 0.05) is 55.9 Å². The molecule has 1 aliphatic heterocycles. The van der Waals surface area contributed by atoms with Gasteiger partial charge in [0.2, 0.25) is 0 Å². The fourth-order valence-electron chi connectivity index (χ4n) is 4.23. The van der Waals surface area contributed by atoms with Crippen LogP contribution in [-0.4, -0.2) is 68.8 Å². The molecule has 0 spiro atoms. The molecule has 11 heteroatoms. The number of hydrogen-bond acceptors (Lipinski definition) is 9. The van der Waals surface area contributed by atoms with Gasteiger partial charge in [-0.25, -0.2) is 19.7 Å². The molecule has 0 saturated carbocycles. The Labute approximate surface area is 225 Å². The second-order valence-electron chi connectivity index (χ2n) is 9.67. The van der Waals surface area contributed by atoms with Crippen LogP contribution in [0.4, 0.5) is 9.93 Å². The number of nitrogens with one attached hydrogen (secondary N) is 2. The van der Waals surface area contributed by atoms with Crippen LogP contribution in [0.1, 0.15) is 32.2 Å². The predicted molar refractivity (Wildman–Crippen MR) is 148 cm³/mol. The first-order chi connectivity index (χ1) is 18.3. The van der Waals surface area contributed by atoms with Gasteiger partial charge in [0.1, 0.15) is 5.60 Å². The molecule has 0 atom stereocenters. The van der Waals surface area contributed by atoms with Crippen LogP contribution in [0.2, 0.25) is 0 Å². The number of fused-ring (bicyclic) bond motifs is 1. The van der Waals surface area contributed by atoms with Gasteiger partial charge in [-0.3, -0.25) is 15.2 Å². The number of nitrogens with zero attached hydrogens (tertiary/aromatic N) is 5. The van der Waals surface area contributed by atoms with Gasteiger partial charge < -0.3 is 15.2 Å². The summed E-state index contributed by atoms with van der Waals surface area (Å²) in [6.07, 6.45) is 5.31. The Bertz CT molecular complexity index is 1410. The minimum absolute atomic E-state index is 0.297. The van der Waals surface area contributed by atoms with Crippen LogP contribution < -0.4 is 10.6 Å². The van der Waals surface area contributed by atoms with Crippen molar-refractivity contribution in [2.75, 3.05) is 38.2 Å². The predicted octanol–water partition coefficient (Wildman–Crippen LogP) is 4.02. The molecule has 198 valence electrons. The number of carbonyl (C=O) groups excluding carboxylic acids is 1. The fraction of sp³-hybridized carbons (Fsp3) is 0.370. The molecule has 1 fully saturated rings. The van der Waals surface area contributed by atoms with Gasteiger partial charge in [-0.05, 0) is 50.1 Å². The molecule has 1 aliphatic rings. The first kappa shape index (κ1) is 26.1. The lowest BCUT2D eigenvalue weighted by Crippen LogP contribution is -2.35. The van der Waals surface area contributed by atoms with Gasteiger partial charge >= 0.3 is 6.03 Å². The Morgan fingerprint density at radius 2 is 1.87 bits per heavy atom. The largest absolute Gasteiger partial charge is 0.382 e. The number of amides is 2. The summed E-state index contributed by atoms with van der Waals surface area (Å²) in [4.78, 5) is 32.7. The molecule has 0 aliphatic carbocycles. The molecule has 1 aromatic carbocycles. The van der Waals surface area contributed by atoms with E-state index in [0.29, 0.717) is 17.5 Å². The van der Waals surface area contributed by atoms with Gasteiger partial charge in [0.05, 0.1) is 29.1 Å². The second-order valence-corrected chi connectivity index (χ2v) is 10.7. The highest BCUT2D eigenvalue weighted by atomic mass is 32.1. The summed E-state index contributed by atoms with van der Waals surface area (Å²) < 4.78 is 6.37. The summed E-state index contributed by atoms with van der Waals surface area (Å²) in [7, 11) is 0. The minimum Gasteiger partial charge on any atom is -0.382 e. The molecule has 2 amide bonds. The smallest absolute Gasteiger partial charge is 0.321 e. The van der Waals surface area contributed by atoms with Crippen molar-refractivity contribution in [1.82, 2.24) is 30.2 Å². The van der Waals surface area contributed by atoms with Crippen LogP contribution in [0.15, 0.2) is 42.9 Å². The average molecular weight is 534 g/mol. The van der Waals surface area contributed by atoms with Crippen molar-refractivity contribution in [1.29, 1.82) is 0 Å². The van der Waals surface area contributed by atoms with Crippen LogP contribution in [0, 0.1) is 0 Å². The summed E-state index contributed by atoms with van der Waals surface area (Å²) >= 11 is 1.41. The Balaban J connectivity index is 1.52. The molecule has 38 heavy (non-hydrogen) atoms. The normalized spacial score (nSPS) is 14.5. The monoisotopic (exact) mass is 533 g/mol. The molecule has 4 heterocycles. The maximum Gasteiger partial charge on any atom is 0.321 e. The average Bonchev–Trinajstić information content (AvgIpc) is 3.31. The topological polar surface area (TPSA) is 125 Å². The van der Waals surface area contributed by atoms with Gasteiger partial charge in [-0.1, -0.05) is 17.4 Å². The van der Waals surface area contributed by atoms with Crippen LogP contribution in [-0.2, 0) is 16.9 Å². The highest BCUT2D eigenvalue weighted by molar-refractivity contribution is 7.22. The highest BCUT2D eigenvalue weighted by Crippen LogP contribution is 2.38.